The minimum atomic E-state index is 0.548. The van der Waals surface area contributed by atoms with Crippen molar-refractivity contribution in [1.29, 1.82) is 0 Å². The number of nitrogens with one attached hydrogen (secondary N) is 1. The predicted molar refractivity (Wildman–Crippen MR) is 83.0 cm³/mol. The summed E-state index contributed by atoms with van der Waals surface area (Å²) in [4.78, 5) is 4.90. The Bertz CT molecular complexity index is 403. The SMILES string of the molecule is CCc1ccccc1N1C(C)CNCC1CN(C)C. The zero-order valence-electron chi connectivity index (χ0n) is 12.7. The maximum atomic E-state index is 3.56. The van der Waals surface area contributed by atoms with Crippen molar-refractivity contribution < 1.29 is 0 Å². The van der Waals surface area contributed by atoms with Crippen LogP contribution >= 0.6 is 0 Å². The number of rotatable bonds is 4. The molecule has 19 heavy (non-hydrogen) atoms. The van der Waals surface area contributed by atoms with E-state index in [4.69, 9.17) is 0 Å². The summed E-state index contributed by atoms with van der Waals surface area (Å²) in [5, 5.41) is 3.56. The van der Waals surface area contributed by atoms with Gasteiger partial charge in [0.2, 0.25) is 0 Å². The first-order valence-electron chi connectivity index (χ1n) is 7.35. The van der Waals surface area contributed by atoms with E-state index in [1.165, 1.54) is 11.3 Å². The Morgan fingerprint density at radius 2 is 2.00 bits per heavy atom. The zero-order valence-corrected chi connectivity index (χ0v) is 12.7. The summed E-state index contributed by atoms with van der Waals surface area (Å²) >= 11 is 0. The van der Waals surface area contributed by atoms with Gasteiger partial charge in [0.1, 0.15) is 0 Å². The van der Waals surface area contributed by atoms with Crippen LogP contribution in [0.15, 0.2) is 24.3 Å². The van der Waals surface area contributed by atoms with E-state index in [0.29, 0.717) is 12.1 Å². The lowest BCUT2D eigenvalue weighted by Crippen LogP contribution is -2.59. The van der Waals surface area contributed by atoms with Crippen molar-refractivity contribution in [2.45, 2.75) is 32.4 Å². The number of aryl methyl sites for hydroxylation is 1. The lowest BCUT2D eigenvalue weighted by atomic mass is 10.0. The predicted octanol–water partition coefficient (Wildman–Crippen LogP) is 1.98. The van der Waals surface area contributed by atoms with Gasteiger partial charge in [-0.05, 0) is 39.1 Å². The standard InChI is InChI=1S/C16H27N3/c1-5-14-8-6-7-9-16(14)19-13(2)10-17-11-15(19)12-18(3)4/h6-9,13,15,17H,5,10-12H2,1-4H3. The van der Waals surface area contributed by atoms with Crippen LogP contribution < -0.4 is 10.2 Å². The molecule has 1 N–H and O–H groups in total. The van der Waals surface area contributed by atoms with Crippen molar-refractivity contribution in [3.8, 4) is 0 Å². The maximum Gasteiger partial charge on any atom is 0.0544 e. The van der Waals surface area contributed by atoms with Gasteiger partial charge in [-0.1, -0.05) is 25.1 Å². The summed E-state index contributed by atoms with van der Waals surface area (Å²) in [5.74, 6) is 0. The van der Waals surface area contributed by atoms with Gasteiger partial charge in [-0.15, -0.1) is 0 Å². The summed E-state index contributed by atoms with van der Waals surface area (Å²) < 4.78 is 0. The van der Waals surface area contributed by atoms with Gasteiger partial charge in [0, 0.05) is 31.4 Å². The molecule has 0 bridgehead atoms. The Morgan fingerprint density at radius 3 is 2.68 bits per heavy atom. The fourth-order valence-electron chi connectivity index (χ4n) is 3.09. The van der Waals surface area contributed by atoms with Crippen LogP contribution in [0, 0.1) is 0 Å². The molecule has 1 aliphatic heterocycles. The maximum absolute atomic E-state index is 3.56. The van der Waals surface area contributed by atoms with Crippen LogP contribution in [0.4, 0.5) is 5.69 Å². The molecule has 3 nitrogen and oxygen atoms in total. The van der Waals surface area contributed by atoms with Crippen molar-refractivity contribution in [2.75, 3.05) is 38.6 Å². The number of benzene rings is 1. The molecule has 0 aliphatic carbocycles. The third-order valence-corrected chi connectivity index (χ3v) is 3.91. The first-order chi connectivity index (χ1) is 9.13. The Kier molecular flexibility index (Phi) is 4.83. The largest absolute Gasteiger partial charge is 0.362 e. The van der Waals surface area contributed by atoms with Crippen LogP contribution in [-0.2, 0) is 6.42 Å². The molecule has 2 rings (SSSR count). The Hall–Kier alpha value is -1.06. The highest BCUT2D eigenvalue weighted by Crippen LogP contribution is 2.26. The van der Waals surface area contributed by atoms with Gasteiger partial charge in [-0.25, -0.2) is 0 Å². The molecule has 1 aliphatic rings. The first-order valence-corrected chi connectivity index (χ1v) is 7.35. The van der Waals surface area contributed by atoms with Gasteiger partial charge >= 0.3 is 0 Å². The molecule has 1 aromatic rings. The minimum absolute atomic E-state index is 0.548. The minimum Gasteiger partial charge on any atom is -0.362 e. The molecule has 1 aromatic carbocycles. The summed E-state index contributed by atoms with van der Waals surface area (Å²) in [5.41, 5.74) is 2.88. The average molecular weight is 261 g/mol. The quantitative estimate of drug-likeness (QED) is 0.894. The van der Waals surface area contributed by atoms with E-state index in [1.54, 1.807) is 0 Å². The molecule has 2 atom stereocenters. The second kappa shape index (κ2) is 6.40. The number of anilines is 1. The molecule has 0 spiro atoms. The van der Waals surface area contributed by atoms with Crippen LogP contribution in [-0.4, -0.2) is 50.7 Å². The summed E-state index contributed by atoms with van der Waals surface area (Å²) in [6.45, 7) is 7.80. The third-order valence-electron chi connectivity index (χ3n) is 3.91. The number of hydrogen-bond acceptors (Lipinski definition) is 3. The van der Waals surface area contributed by atoms with Gasteiger partial charge in [0.05, 0.1) is 6.04 Å². The molecule has 0 aromatic heterocycles. The molecule has 0 radical (unpaired) electrons. The molecule has 2 unspecified atom stereocenters. The fraction of sp³-hybridized carbons (Fsp3) is 0.625. The fourth-order valence-corrected chi connectivity index (χ4v) is 3.09. The van der Waals surface area contributed by atoms with E-state index in [0.717, 1.165) is 26.1 Å². The highest BCUT2D eigenvalue weighted by molar-refractivity contribution is 5.56. The highest BCUT2D eigenvalue weighted by Gasteiger charge is 2.29. The average Bonchev–Trinajstić information content (AvgIpc) is 2.38. The van der Waals surface area contributed by atoms with Crippen molar-refractivity contribution >= 4 is 5.69 Å². The van der Waals surface area contributed by atoms with Crippen LogP contribution in [0.3, 0.4) is 0 Å². The number of likely N-dealkylation sites (N-methyl/N-ethyl adjacent to an activating group) is 1. The van der Waals surface area contributed by atoms with Crippen molar-refractivity contribution in [3.63, 3.8) is 0 Å². The summed E-state index contributed by atoms with van der Waals surface area (Å²) in [6.07, 6.45) is 1.10. The second-order valence-electron chi connectivity index (χ2n) is 5.81. The Balaban J connectivity index is 2.30. The van der Waals surface area contributed by atoms with Crippen LogP contribution in [0.25, 0.3) is 0 Å². The highest BCUT2D eigenvalue weighted by atomic mass is 15.3. The lowest BCUT2D eigenvalue weighted by molar-refractivity contribution is 0.315. The van der Waals surface area contributed by atoms with E-state index < -0.39 is 0 Å². The van der Waals surface area contributed by atoms with E-state index in [2.05, 4.69) is 67.3 Å². The third kappa shape index (κ3) is 3.28. The lowest BCUT2D eigenvalue weighted by Gasteiger charge is -2.44. The monoisotopic (exact) mass is 261 g/mol. The molecule has 106 valence electrons. The molecule has 0 amide bonds. The molecule has 0 saturated carbocycles. The summed E-state index contributed by atoms with van der Waals surface area (Å²) in [6, 6.07) is 9.95. The molecule has 1 heterocycles. The Labute approximate surface area is 117 Å². The molecular weight excluding hydrogens is 234 g/mol. The first kappa shape index (κ1) is 14.4. The van der Waals surface area contributed by atoms with E-state index in [-0.39, 0.29) is 0 Å². The van der Waals surface area contributed by atoms with Crippen LogP contribution in [0.1, 0.15) is 19.4 Å². The van der Waals surface area contributed by atoms with Crippen molar-refractivity contribution in [3.05, 3.63) is 29.8 Å². The van der Waals surface area contributed by atoms with E-state index >= 15 is 0 Å². The van der Waals surface area contributed by atoms with Crippen LogP contribution in [0.2, 0.25) is 0 Å². The van der Waals surface area contributed by atoms with Gasteiger partial charge in [0.15, 0.2) is 0 Å². The normalized spacial score (nSPS) is 23.9. The summed E-state index contributed by atoms with van der Waals surface area (Å²) in [7, 11) is 4.31. The smallest absolute Gasteiger partial charge is 0.0544 e. The molecule has 1 saturated heterocycles. The topological polar surface area (TPSA) is 18.5 Å². The van der Waals surface area contributed by atoms with E-state index in [1.807, 2.05) is 0 Å². The number of hydrogen-bond donors (Lipinski definition) is 1. The van der Waals surface area contributed by atoms with Gasteiger partial charge in [0.25, 0.3) is 0 Å². The van der Waals surface area contributed by atoms with Crippen LogP contribution in [0.5, 0.6) is 0 Å². The van der Waals surface area contributed by atoms with Crippen molar-refractivity contribution in [1.82, 2.24) is 10.2 Å². The number of para-hydroxylation sites is 1. The molecular formula is C16H27N3. The van der Waals surface area contributed by atoms with Crippen molar-refractivity contribution in [2.24, 2.45) is 0 Å². The van der Waals surface area contributed by atoms with Gasteiger partial charge < -0.3 is 15.1 Å². The molecule has 3 heteroatoms. The zero-order chi connectivity index (χ0) is 13.8. The Morgan fingerprint density at radius 1 is 1.26 bits per heavy atom. The van der Waals surface area contributed by atoms with Gasteiger partial charge in [-0.3, -0.25) is 0 Å². The second-order valence-corrected chi connectivity index (χ2v) is 5.81. The number of piperazine rings is 1. The van der Waals surface area contributed by atoms with E-state index in [9.17, 15) is 0 Å². The van der Waals surface area contributed by atoms with Gasteiger partial charge in [-0.2, -0.15) is 0 Å². The number of nitrogens with zero attached hydrogens (tertiary/aromatic N) is 2. The molecule has 1 fully saturated rings.